The number of hydrogen-bond acceptors (Lipinski definition) is 4. The highest BCUT2D eigenvalue weighted by Crippen LogP contribution is 2.37. The van der Waals surface area contributed by atoms with Gasteiger partial charge in [-0.2, -0.15) is 0 Å². The summed E-state index contributed by atoms with van der Waals surface area (Å²) in [5, 5.41) is 2.95. The summed E-state index contributed by atoms with van der Waals surface area (Å²) < 4.78 is 10.7. The third-order valence-electron chi connectivity index (χ3n) is 6.06. The van der Waals surface area contributed by atoms with Crippen molar-refractivity contribution in [2.45, 2.75) is 51.5 Å². The Labute approximate surface area is 153 Å². The smallest absolute Gasteiger partial charge is 0.279 e. The van der Waals surface area contributed by atoms with Gasteiger partial charge in [0.1, 0.15) is 0 Å². The van der Waals surface area contributed by atoms with Gasteiger partial charge >= 0.3 is 0 Å². The fourth-order valence-electron chi connectivity index (χ4n) is 4.82. The molecule has 140 valence electrons. The number of piperidine rings is 1. The Kier molecular flexibility index (Phi) is 4.85. The zero-order valence-electron chi connectivity index (χ0n) is 15.3. The van der Waals surface area contributed by atoms with Gasteiger partial charge in [0.25, 0.3) is 5.91 Å². The molecule has 0 aromatic heterocycles. The molecule has 2 N–H and O–H groups in total. The van der Waals surface area contributed by atoms with Crippen LogP contribution < -0.4 is 19.7 Å². The molecule has 3 atom stereocenters. The fourth-order valence-corrected chi connectivity index (χ4v) is 4.82. The number of nitrogens with one attached hydrogen (secondary N) is 2. The summed E-state index contributed by atoms with van der Waals surface area (Å²) in [6, 6.07) is 3.98. The SMILES string of the molecule is CC(=O)c1cc2c(cc1NC(=O)C[NH+]1CCC[C@@H]3CCCC[C@@H]31)OCO2. The van der Waals surface area contributed by atoms with E-state index >= 15 is 0 Å². The Hall–Kier alpha value is -2.08. The Morgan fingerprint density at radius 1 is 1.12 bits per heavy atom. The minimum Gasteiger partial charge on any atom is -0.454 e. The van der Waals surface area contributed by atoms with Crippen molar-refractivity contribution in [1.82, 2.24) is 0 Å². The molecule has 0 radical (unpaired) electrons. The van der Waals surface area contributed by atoms with E-state index < -0.39 is 0 Å². The van der Waals surface area contributed by atoms with Crippen LogP contribution in [-0.2, 0) is 4.79 Å². The number of Topliss-reactive ketones (excluding diaryl/α,β-unsaturated/α-hetero) is 1. The molecule has 6 heteroatoms. The number of fused-ring (bicyclic) bond motifs is 2. The maximum Gasteiger partial charge on any atom is 0.279 e. The minimum atomic E-state index is -0.101. The summed E-state index contributed by atoms with van der Waals surface area (Å²) in [5.41, 5.74) is 0.982. The van der Waals surface area contributed by atoms with E-state index in [4.69, 9.17) is 9.47 Å². The van der Waals surface area contributed by atoms with Crippen LogP contribution in [0.25, 0.3) is 0 Å². The molecule has 1 unspecified atom stereocenters. The number of rotatable bonds is 4. The molecule has 1 aromatic rings. The van der Waals surface area contributed by atoms with Gasteiger partial charge < -0.3 is 19.7 Å². The summed E-state index contributed by atoms with van der Waals surface area (Å²) in [4.78, 5) is 26.1. The summed E-state index contributed by atoms with van der Waals surface area (Å²) in [5.74, 6) is 1.77. The topological polar surface area (TPSA) is 69.1 Å². The summed E-state index contributed by atoms with van der Waals surface area (Å²) in [6.45, 7) is 3.17. The highest BCUT2D eigenvalue weighted by Gasteiger charge is 2.37. The largest absolute Gasteiger partial charge is 0.454 e. The van der Waals surface area contributed by atoms with Crippen LogP contribution in [0.2, 0.25) is 0 Å². The zero-order chi connectivity index (χ0) is 18.1. The Bertz CT molecular complexity index is 716. The lowest BCUT2D eigenvalue weighted by Gasteiger charge is -2.40. The van der Waals surface area contributed by atoms with E-state index in [2.05, 4.69) is 5.32 Å². The quantitative estimate of drug-likeness (QED) is 0.805. The normalized spacial score (nSPS) is 26.9. The van der Waals surface area contributed by atoms with Crippen molar-refractivity contribution in [3.63, 3.8) is 0 Å². The first-order valence-electron chi connectivity index (χ1n) is 9.71. The number of amides is 1. The monoisotopic (exact) mass is 359 g/mol. The molecule has 1 aromatic carbocycles. The third kappa shape index (κ3) is 3.43. The van der Waals surface area contributed by atoms with Crippen LogP contribution in [0.4, 0.5) is 5.69 Å². The van der Waals surface area contributed by atoms with E-state index in [1.807, 2.05) is 0 Å². The van der Waals surface area contributed by atoms with Gasteiger partial charge in [-0.15, -0.1) is 0 Å². The molecule has 2 aliphatic heterocycles. The van der Waals surface area contributed by atoms with E-state index in [1.165, 1.54) is 50.3 Å². The molecule has 1 aliphatic carbocycles. The van der Waals surface area contributed by atoms with Crippen molar-refractivity contribution < 1.29 is 24.0 Å². The highest BCUT2D eigenvalue weighted by atomic mass is 16.7. The Morgan fingerprint density at radius 2 is 1.85 bits per heavy atom. The van der Waals surface area contributed by atoms with Crippen LogP contribution in [0.1, 0.15) is 55.8 Å². The molecule has 0 spiro atoms. The van der Waals surface area contributed by atoms with Crippen molar-refractivity contribution in [2.24, 2.45) is 5.92 Å². The average molecular weight is 359 g/mol. The summed E-state index contributed by atoms with van der Waals surface area (Å²) >= 11 is 0. The Balaban J connectivity index is 1.47. The fraction of sp³-hybridized carbons (Fsp3) is 0.600. The van der Waals surface area contributed by atoms with Crippen molar-refractivity contribution in [2.75, 3.05) is 25.2 Å². The second-order valence-corrected chi connectivity index (χ2v) is 7.73. The number of benzene rings is 1. The molecule has 3 aliphatic rings. The van der Waals surface area contributed by atoms with Gasteiger partial charge in [-0.25, -0.2) is 0 Å². The highest BCUT2D eigenvalue weighted by molar-refractivity contribution is 6.04. The molecular formula is C20H27N2O4+. The van der Waals surface area contributed by atoms with Gasteiger partial charge in [-0.1, -0.05) is 6.42 Å². The molecule has 1 saturated carbocycles. The molecule has 26 heavy (non-hydrogen) atoms. The number of likely N-dealkylation sites (tertiary alicyclic amines) is 1. The van der Waals surface area contributed by atoms with Gasteiger partial charge in [-0.3, -0.25) is 9.59 Å². The standard InChI is InChI=1S/C20H26N2O4/c1-13(23)15-9-18-19(26-12-25-18)10-16(15)21-20(24)11-22-8-4-6-14-5-2-3-7-17(14)22/h9-10,14,17H,2-8,11-12H2,1H3,(H,21,24)/p+1/t14-,17-/m0/s1. The van der Waals surface area contributed by atoms with Crippen LogP contribution >= 0.6 is 0 Å². The lowest BCUT2D eigenvalue weighted by Crippen LogP contribution is -3.18. The molecule has 0 bridgehead atoms. The number of ketones is 1. The molecule has 1 amide bonds. The summed E-state index contributed by atoms with van der Waals surface area (Å²) in [7, 11) is 0. The lowest BCUT2D eigenvalue weighted by molar-refractivity contribution is -0.928. The van der Waals surface area contributed by atoms with E-state index in [9.17, 15) is 9.59 Å². The van der Waals surface area contributed by atoms with Crippen LogP contribution in [0, 0.1) is 5.92 Å². The number of quaternary nitrogens is 1. The molecule has 4 rings (SSSR count). The number of anilines is 1. The van der Waals surface area contributed by atoms with Gasteiger partial charge in [-0.05, 0) is 45.1 Å². The van der Waals surface area contributed by atoms with Gasteiger partial charge in [0.15, 0.2) is 23.8 Å². The summed E-state index contributed by atoms with van der Waals surface area (Å²) in [6.07, 6.45) is 7.67. The van der Waals surface area contributed by atoms with Crippen molar-refractivity contribution in [3.8, 4) is 11.5 Å². The van der Waals surface area contributed by atoms with E-state index in [1.54, 1.807) is 12.1 Å². The predicted octanol–water partition coefficient (Wildman–Crippen LogP) is 1.79. The first kappa shape index (κ1) is 17.3. The molecule has 1 saturated heterocycles. The maximum atomic E-state index is 12.7. The van der Waals surface area contributed by atoms with Gasteiger partial charge in [0.05, 0.1) is 18.3 Å². The zero-order valence-corrected chi connectivity index (χ0v) is 15.3. The molecule has 2 heterocycles. The molecule has 2 fully saturated rings. The first-order valence-corrected chi connectivity index (χ1v) is 9.71. The van der Waals surface area contributed by atoms with Gasteiger partial charge in [0, 0.05) is 17.5 Å². The third-order valence-corrected chi connectivity index (χ3v) is 6.06. The minimum absolute atomic E-state index is 0.0346. The predicted molar refractivity (Wildman–Crippen MR) is 96.9 cm³/mol. The lowest BCUT2D eigenvalue weighted by atomic mass is 9.78. The first-order chi connectivity index (χ1) is 12.6. The van der Waals surface area contributed by atoms with Crippen LogP contribution in [-0.4, -0.2) is 37.6 Å². The van der Waals surface area contributed by atoms with E-state index in [0.29, 0.717) is 35.3 Å². The molecule has 6 nitrogen and oxygen atoms in total. The van der Waals surface area contributed by atoms with Gasteiger partial charge in [0.2, 0.25) is 6.79 Å². The number of ether oxygens (including phenoxy) is 2. The van der Waals surface area contributed by atoms with Crippen molar-refractivity contribution >= 4 is 17.4 Å². The van der Waals surface area contributed by atoms with E-state index in [0.717, 1.165) is 12.5 Å². The number of carbonyl (C=O) groups excluding carboxylic acids is 2. The Morgan fingerprint density at radius 3 is 2.65 bits per heavy atom. The average Bonchev–Trinajstić information content (AvgIpc) is 3.08. The number of carbonyl (C=O) groups is 2. The van der Waals surface area contributed by atoms with E-state index in [-0.39, 0.29) is 18.5 Å². The maximum absolute atomic E-state index is 12.7. The molecular weight excluding hydrogens is 332 g/mol. The van der Waals surface area contributed by atoms with Crippen LogP contribution in [0.3, 0.4) is 0 Å². The second kappa shape index (κ2) is 7.27. The van der Waals surface area contributed by atoms with Crippen LogP contribution in [0.5, 0.6) is 11.5 Å². The van der Waals surface area contributed by atoms with Crippen molar-refractivity contribution in [3.05, 3.63) is 17.7 Å². The van der Waals surface area contributed by atoms with Crippen molar-refractivity contribution in [1.29, 1.82) is 0 Å². The number of hydrogen-bond donors (Lipinski definition) is 2. The second-order valence-electron chi connectivity index (χ2n) is 7.73. The van der Waals surface area contributed by atoms with Crippen LogP contribution in [0.15, 0.2) is 12.1 Å².